The van der Waals surface area contributed by atoms with Gasteiger partial charge in [0.15, 0.2) is 5.88 Å². The molecular weight excluding hydrogens is 250 g/mol. The first-order valence-electron chi connectivity index (χ1n) is 7.45. The summed E-state index contributed by atoms with van der Waals surface area (Å²) in [6.45, 7) is 14.6. The van der Waals surface area contributed by atoms with Crippen LogP contribution in [0.25, 0.3) is 0 Å². The molecule has 5 N–H and O–H groups in total. The van der Waals surface area contributed by atoms with E-state index in [0.29, 0.717) is 11.6 Å². The van der Waals surface area contributed by atoms with Gasteiger partial charge in [0.1, 0.15) is 6.10 Å². The molecule has 1 heterocycles. The van der Waals surface area contributed by atoms with E-state index in [0.717, 1.165) is 12.8 Å². The van der Waals surface area contributed by atoms with Gasteiger partial charge in [-0.1, -0.05) is 13.8 Å². The molecule has 4 heteroatoms. The highest BCUT2D eigenvalue weighted by Crippen LogP contribution is 2.30. The normalized spacial score (nSPS) is 22.8. The molecule has 0 aromatic heterocycles. The average molecular weight is 283 g/mol. The number of piperidine rings is 1. The number of allylic oxidation sites excluding steroid dienone is 3. The van der Waals surface area contributed by atoms with Gasteiger partial charge in [-0.15, -0.1) is 0 Å². The average Bonchev–Trinajstić information content (AvgIpc) is 2.24. The maximum atomic E-state index is 5.85. The van der Waals surface area contributed by atoms with Gasteiger partial charge in [-0.2, -0.15) is 0 Å². The third-order valence-electron chi connectivity index (χ3n) is 2.97. The van der Waals surface area contributed by atoms with Gasteiger partial charge < -0.3 is 21.5 Å². The topological polar surface area (TPSA) is 73.3 Å². The van der Waals surface area contributed by atoms with Gasteiger partial charge in [0.25, 0.3) is 0 Å². The lowest BCUT2D eigenvalue weighted by Crippen LogP contribution is -2.59. The minimum absolute atomic E-state index is 0.0618. The minimum atomic E-state index is 0.0618. The van der Waals surface area contributed by atoms with E-state index in [-0.39, 0.29) is 17.2 Å². The van der Waals surface area contributed by atoms with Crippen molar-refractivity contribution in [2.24, 2.45) is 11.5 Å². The van der Waals surface area contributed by atoms with Gasteiger partial charge in [0.2, 0.25) is 0 Å². The van der Waals surface area contributed by atoms with Crippen molar-refractivity contribution < 1.29 is 4.74 Å². The maximum absolute atomic E-state index is 5.85. The fraction of sp³-hybridized carbons (Fsp3) is 0.750. The summed E-state index contributed by atoms with van der Waals surface area (Å²) >= 11 is 0. The number of rotatable bonds is 3. The van der Waals surface area contributed by atoms with Crippen molar-refractivity contribution in [3.8, 4) is 0 Å². The van der Waals surface area contributed by atoms with Gasteiger partial charge >= 0.3 is 0 Å². The largest absolute Gasteiger partial charge is 0.476 e. The molecule has 1 aliphatic rings. The number of ether oxygens (including phenoxy) is 1. The fourth-order valence-electron chi connectivity index (χ4n) is 2.76. The van der Waals surface area contributed by atoms with Gasteiger partial charge in [0.05, 0.1) is 0 Å². The van der Waals surface area contributed by atoms with E-state index in [9.17, 15) is 0 Å². The zero-order valence-corrected chi connectivity index (χ0v) is 14.2. The Labute approximate surface area is 124 Å². The van der Waals surface area contributed by atoms with Crippen LogP contribution in [-0.4, -0.2) is 17.2 Å². The Balaban J connectivity index is 0.00000172. The van der Waals surface area contributed by atoms with Crippen LogP contribution in [0.4, 0.5) is 0 Å². The van der Waals surface area contributed by atoms with Crippen molar-refractivity contribution in [1.82, 2.24) is 5.32 Å². The van der Waals surface area contributed by atoms with E-state index >= 15 is 0 Å². The zero-order chi connectivity index (χ0) is 16.0. The molecule has 0 unspecified atom stereocenters. The third-order valence-corrected chi connectivity index (χ3v) is 2.97. The Morgan fingerprint density at radius 2 is 1.50 bits per heavy atom. The minimum Gasteiger partial charge on any atom is -0.476 e. The molecule has 1 fully saturated rings. The van der Waals surface area contributed by atoms with Crippen molar-refractivity contribution in [3.05, 3.63) is 23.7 Å². The van der Waals surface area contributed by atoms with Crippen molar-refractivity contribution in [1.29, 1.82) is 0 Å². The number of hydrogen-bond donors (Lipinski definition) is 3. The summed E-state index contributed by atoms with van der Waals surface area (Å²) in [5, 5.41) is 3.61. The van der Waals surface area contributed by atoms with Crippen LogP contribution in [0.15, 0.2) is 23.7 Å². The summed E-state index contributed by atoms with van der Waals surface area (Å²) in [6.07, 6.45) is 5.50. The van der Waals surface area contributed by atoms with Crippen molar-refractivity contribution in [2.45, 2.75) is 78.5 Å². The smallest absolute Gasteiger partial charge is 0.184 e. The monoisotopic (exact) mass is 283 g/mol. The highest BCUT2D eigenvalue weighted by Gasteiger charge is 2.38. The van der Waals surface area contributed by atoms with Crippen LogP contribution < -0.4 is 16.8 Å². The SMILES string of the molecule is C/C(N)=C/C=C(\N)OC1CC(C)(C)NC(C)(C)C1.CC. The molecule has 0 bridgehead atoms. The Morgan fingerprint density at radius 3 is 1.90 bits per heavy atom. The molecule has 0 atom stereocenters. The summed E-state index contributed by atoms with van der Waals surface area (Å²) in [6, 6.07) is 0. The standard InChI is InChI=1S/C14H27N3O.C2H6/c1-10(15)6-7-12(16)18-11-8-13(2,3)17-14(4,5)9-11;1-2/h6-7,11,17H,8-9,15-16H2,1-5H3;1-2H3/b10-6-,12-7+;. The number of hydrogen-bond acceptors (Lipinski definition) is 4. The second kappa shape index (κ2) is 7.58. The van der Waals surface area contributed by atoms with E-state index in [1.807, 2.05) is 20.8 Å². The lowest BCUT2D eigenvalue weighted by Gasteiger charge is -2.46. The summed E-state index contributed by atoms with van der Waals surface area (Å²) in [7, 11) is 0. The predicted molar refractivity (Wildman–Crippen MR) is 87.0 cm³/mol. The van der Waals surface area contributed by atoms with Crippen LogP contribution in [0.5, 0.6) is 0 Å². The fourth-order valence-corrected chi connectivity index (χ4v) is 2.76. The summed E-state index contributed by atoms with van der Waals surface area (Å²) in [5.41, 5.74) is 12.2. The van der Waals surface area contributed by atoms with Gasteiger partial charge in [0, 0.05) is 29.6 Å². The Morgan fingerprint density at radius 1 is 1.05 bits per heavy atom. The van der Waals surface area contributed by atoms with Crippen LogP contribution in [0.1, 0.15) is 61.3 Å². The Hall–Kier alpha value is -1.16. The van der Waals surface area contributed by atoms with Crippen LogP contribution in [-0.2, 0) is 4.74 Å². The first-order chi connectivity index (χ1) is 9.10. The molecule has 0 aromatic carbocycles. The molecular formula is C16H33N3O. The molecule has 0 saturated carbocycles. The zero-order valence-electron chi connectivity index (χ0n) is 14.2. The molecule has 118 valence electrons. The highest BCUT2D eigenvalue weighted by molar-refractivity contribution is 5.10. The van der Waals surface area contributed by atoms with Crippen LogP contribution >= 0.6 is 0 Å². The molecule has 1 saturated heterocycles. The Bertz CT molecular complexity index is 337. The van der Waals surface area contributed by atoms with Crippen LogP contribution in [0.3, 0.4) is 0 Å². The Kier molecular flexibility index (Phi) is 7.14. The number of nitrogens with two attached hydrogens (primary N) is 2. The van der Waals surface area contributed by atoms with Crippen molar-refractivity contribution in [2.75, 3.05) is 0 Å². The van der Waals surface area contributed by atoms with Gasteiger partial charge in [-0.25, -0.2) is 0 Å². The molecule has 0 radical (unpaired) electrons. The molecule has 0 aliphatic carbocycles. The second-order valence-corrected chi connectivity index (χ2v) is 6.52. The number of nitrogens with one attached hydrogen (secondary N) is 1. The highest BCUT2D eigenvalue weighted by atomic mass is 16.5. The van der Waals surface area contributed by atoms with Crippen molar-refractivity contribution in [3.63, 3.8) is 0 Å². The summed E-state index contributed by atoms with van der Waals surface area (Å²) in [5.74, 6) is 0.429. The van der Waals surface area contributed by atoms with E-state index in [1.165, 1.54) is 0 Å². The predicted octanol–water partition coefficient (Wildman–Crippen LogP) is 3.00. The summed E-state index contributed by atoms with van der Waals surface area (Å²) in [4.78, 5) is 0. The van der Waals surface area contributed by atoms with Gasteiger partial charge in [-0.05, 0) is 46.8 Å². The molecule has 4 nitrogen and oxygen atoms in total. The van der Waals surface area contributed by atoms with Crippen molar-refractivity contribution >= 4 is 0 Å². The molecule has 1 aliphatic heterocycles. The van der Waals surface area contributed by atoms with E-state index in [1.54, 1.807) is 12.2 Å². The second-order valence-electron chi connectivity index (χ2n) is 6.52. The van der Waals surface area contributed by atoms with E-state index in [2.05, 4.69) is 33.0 Å². The van der Waals surface area contributed by atoms with E-state index in [4.69, 9.17) is 16.2 Å². The summed E-state index contributed by atoms with van der Waals surface area (Å²) < 4.78 is 5.81. The molecule has 0 spiro atoms. The molecule has 0 amide bonds. The van der Waals surface area contributed by atoms with Crippen LogP contribution in [0, 0.1) is 0 Å². The van der Waals surface area contributed by atoms with E-state index < -0.39 is 0 Å². The first-order valence-corrected chi connectivity index (χ1v) is 7.45. The first kappa shape index (κ1) is 18.8. The molecule has 20 heavy (non-hydrogen) atoms. The van der Waals surface area contributed by atoms with Gasteiger partial charge in [-0.3, -0.25) is 0 Å². The molecule has 1 rings (SSSR count). The molecule has 0 aromatic rings. The van der Waals surface area contributed by atoms with Crippen LogP contribution in [0.2, 0.25) is 0 Å². The lowest BCUT2D eigenvalue weighted by atomic mass is 9.81. The maximum Gasteiger partial charge on any atom is 0.184 e. The third kappa shape index (κ3) is 7.43. The quantitative estimate of drug-likeness (QED) is 0.550. The lowest BCUT2D eigenvalue weighted by molar-refractivity contribution is 0.0130.